The second kappa shape index (κ2) is 3.14. The Balaban J connectivity index is 2.60. The van der Waals surface area contributed by atoms with Gasteiger partial charge in [-0.1, -0.05) is 0 Å². The van der Waals surface area contributed by atoms with Crippen molar-refractivity contribution in [3.63, 3.8) is 0 Å². The number of hydrogen-bond donors (Lipinski definition) is 1. The lowest BCUT2D eigenvalue weighted by Gasteiger charge is -2.01. The van der Waals surface area contributed by atoms with Crippen LogP contribution >= 0.6 is 0 Å². The van der Waals surface area contributed by atoms with E-state index in [2.05, 4.69) is 10.1 Å². The van der Waals surface area contributed by atoms with Crippen LogP contribution in [-0.2, 0) is 7.05 Å². The molecule has 2 aromatic heterocycles. The van der Waals surface area contributed by atoms with E-state index in [0.717, 1.165) is 16.7 Å². The number of nitrogens with two attached hydrogens (primary N) is 1. The highest BCUT2D eigenvalue weighted by molar-refractivity contribution is 5.75. The maximum absolute atomic E-state index is 5.79. The molecule has 0 amide bonds. The van der Waals surface area contributed by atoms with Crippen molar-refractivity contribution in [2.75, 3.05) is 5.73 Å². The Morgan fingerprint density at radius 2 is 2.14 bits per heavy atom. The largest absolute Gasteiger partial charge is 0.382 e. The molecule has 0 saturated heterocycles. The quantitative estimate of drug-likeness (QED) is 0.735. The summed E-state index contributed by atoms with van der Waals surface area (Å²) in [7, 11) is 1.86. The molecule has 4 heteroatoms. The zero-order valence-corrected chi connectivity index (χ0v) is 8.23. The lowest BCUT2D eigenvalue weighted by atomic mass is 10.1. The van der Waals surface area contributed by atoms with Crippen molar-refractivity contribution < 1.29 is 0 Å². The highest BCUT2D eigenvalue weighted by Gasteiger charge is 2.08. The van der Waals surface area contributed by atoms with E-state index in [1.807, 2.05) is 32.4 Å². The minimum Gasteiger partial charge on any atom is -0.382 e. The van der Waals surface area contributed by atoms with E-state index < -0.39 is 0 Å². The monoisotopic (exact) mass is 188 g/mol. The van der Waals surface area contributed by atoms with Crippen LogP contribution in [0.15, 0.2) is 24.7 Å². The number of aromatic nitrogens is 3. The maximum Gasteiger partial charge on any atom is 0.153 e. The molecule has 0 atom stereocenters. The van der Waals surface area contributed by atoms with Crippen molar-refractivity contribution >= 4 is 5.82 Å². The normalized spacial score (nSPS) is 10.4. The lowest BCUT2D eigenvalue weighted by molar-refractivity contribution is 0.772. The first kappa shape index (κ1) is 8.74. The number of rotatable bonds is 1. The van der Waals surface area contributed by atoms with Crippen LogP contribution in [0.3, 0.4) is 0 Å². The second-order valence-corrected chi connectivity index (χ2v) is 3.29. The molecule has 2 rings (SSSR count). The Bertz CT molecular complexity index is 459. The van der Waals surface area contributed by atoms with Crippen LogP contribution in [-0.4, -0.2) is 14.8 Å². The molecule has 0 aliphatic carbocycles. The Morgan fingerprint density at radius 3 is 2.71 bits per heavy atom. The molecule has 0 saturated carbocycles. The van der Waals surface area contributed by atoms with E-state index in [-0.39, 0.29) is 0 Å². The van der Waals surface area contributed by atoms with Crippen LogP contribution in [0, 0.1) is 6.92 Å². The van der Waals surface area contributed by atoms with Gasteiger partial charge in [-0.25, -0.2) is 0 Å². The molecule has 2 N–H and O–H groups in total. The maximum atomic E-state index is 5.79. The first-order valence-electron chi connectivity index (χ1n) is 4.38. The number of nitrogens with zero attached hydrogens (tertiary/aromatic N) is 3. The Morgan fingerprint density at radius 1 is 1.36 bits per heavy atom. The van der Waals surface area contributed by atoms with Gasteiger partial charge in [0.15, 0.2) is 5.82 Å². The van der Waals surface area contributed by atoms with Crippen molar-refractivity contribution in [3.05, 3.63) is 30.2 Å². The van der Waals surface area contributed by atoms with Gasteiger partial charge in [-0.2, -0.15) is 5.10 Å². The van der Waals surface area contributed by atoms with Crippen molar-refractivity contribution in [1.82, 2.24) is 14.8 Å². The average Bonchev–Trinajstić information content (AvgIpc) is 2.46. The standard InChI is InChI=1S/C10H12N4/c1-7-5-12-4-3-8(7)9-6-14(2)13-10(9)11/h3-6H,1-2H3,(H2,11,13). The Kier molecular flexibility index (Phi) is 1.96. The molecule has 0 aromatic carbocycles. The zero-order valence-electron chi connectivity index (χ0n) is 8.23. The number of aryl methyl sites for hydroxylation is 2. The number of nitrogen functional groups attached to an aromatic ring is 1. The van der Waals surface area contributed by atoms with Crippen molar-refractivity contribution in [3.8, 4) is 11.1 Å². The lowest BCUT2D eigenvalue weighted by Crippen LogP contribution is -1.91. The van der Waals surface area contributed by atoms with E-state index in [9.17, 15) is 0 Å². The van der Waals surface area contributed by atoms with Gasteiger partial charge in [-0.05, 0) is 24.1 Å². The highest BCUT2D eigenvalue weighted by Crippen LogP contribution is 2.26. The van der Waals surface area contributed by atoms with Gasteiger partial charge >= 0.3 is 0 Å². The molecule has 0 spiro atoms. The first-order chi connectivity index (χ1) is 6.68. The number of anilines is 1. The predicted octanol–water partition coefficient (Wildman–Crippen LogP) is 1.37. The van der Waals surface area contributed by atoms with E-state index >= 15 is 0 Å². The number of hydrogen-bond acceptors (Lipinski definition) is 3. The summed E-state index contributed by atoms with van der Waals surface area (Å²) < 4.78 is 1.71. The minimum atomic E-state index is 0.557. The van der Waals surface area contributed by atoms with Gasteiger partial charge in [0.25, 0.3) is 0 Å². The van der Waals surface area contributed by atoms with Crippen molar-refractivity contribution in [2.24, 2.45) is 7.05 Å². The third-order valence-electron chi connectivity index (χ3n) is 2.17. The van der Waals surface area contributed by atoms with Gasteiger partial charge in [0.05, 0.1) is 0 Å². The topological polar surface area (TPSA) is 56.7 Å². The third-order valence-corrected chi connectivity index (χ3v) is 2.17. The molecule has 0 radical (unpaired) electrons. The Labute approximate surface area is 82.4 Å². The SMILES string of the molecule is Cc1cnccc1-c1cn(C)nc1N. The van der Waals surface area contributed by atoms with Crippen molar-refractivity contribution in [2.45, 2.75) is 6.92 Å². The summed E-state index contributed by atoms with van der Waals surface area (Å²) in [5.41, 5.74) is 8.95. The van der Waals surface area contributed by atoms with E-state index in [1.54, 1.807) is 10.9 Å². The van der Waals surface area contributed by atoms with E-state index in [1.165, 1.54) is 0 Å². The van der Waals surface area contributed by atoms with E-state index in [4.69, 9.17) is 5.73 Å². The highest BCUT2D eigenvalue weighted by atomic mass is 15.3. The van der Waals surface area contributed by atoms with E-state index in [0.29, 0.717) is 5.82 Å². The molecule has 0 unspecified atom stereocenters. The summed E-state index contributed by atoms with van der Waals surface area (Å²) >= 11 is 0. The summed E-state index contributed by atoms with van der Waals surface area (Å²) in [6, 6.07) is 1.95. The summed E-state index contributed by atoms with van der Waals surface area (Å²) in [6.45, 7) is 2.01. The van der Waals surface area contributed by atoms with Crippen LogP contribution in [0.4, 0.5) is 5.82 Å². The van der Waals surface area contributed by atoms with Crippen LogP contribution in [0.25, 0.3) is 11.1 Å². The van der Waals surface area contributed by atoms with Gasteiger partial charge in [0.1, 0.15) is 0 Å². The van der Waals surface area contributed by atoms with Gasteiger partial charge < -0.3 is 5.73 Å². The molecule has 0 fully saturated rings. The van der Waals surface area contributed by atoms with Gasteiger partial charge in [-0.15, -0.1) is 0 Å². The molecule has 4 nitrogen and oxygen atoms in total. The third kappa shape index (κ3) is 1.35. The molecule has 2 aromatic rings. The van der Waals surface area contributed by atoms with Crippen LogP contribution in [0.2, 0.25) is 0 Å². The fraction of sp³-hybridized carbons (Fsp3) is 0.200. The Hall–Kier alpha value is -1.84. The van der Waals surface area contributed by atoms with Crippen LogP contribution in [0.5, 0.6) is 0 Å². The minimum absolute atomic E-state index is 0.557. The zero-order chi connectivity index (χ0) is 10.1. The molecular formula is C10H12N4. The fourth-order valence-electron chi connectivity index (χ4n) is 1.49. The van der Waals surface area contributed by atoms with Crippen molar-refractivity contribution in [1.29, 1.82) is 0 Å². The summed E-state index contributed by atoms with van der Waals surface area (Å²) in [5.74, 6) is 0.557. The molecule has 2 heterocycles. The summed E-state index contributed by atoms with van der Waals surface area (Å²) in [5, 5.41) is 4.10. The molecule has 0 bridgehead atoms. The molecule has 0 aliphatic heterocycles. The van der Waals surface area contributed by atoms with Crippen LogP contribution in [0.1, 0.15) is 5.56 Å². The van der Waals surface area contributed by atoms with Gasteiger partial charge in [0, 0.05) is 31.2 Å². The van der Waals surface area contributed by atoms with Gasteiger partial charge in [-0.3, -0.25) is 9.67 Å². The summed E-state index contributed by atoms with van der Waals surface area (Å²) in [4.78, 5) is 4.04. The average molecular weight is 188 g/mol. The smallest absolute Gasteiger partial charge is 0.153 e. The summed E-state index contributed by atoms with van der Waals surface area (Å²) in [6.07, 6.45) is 5.49. The molecule has 72 valence electrons. The molecule has 14 heavy (non-hydrogen) atoms. The predicted molar refractivity (Wildman–Crippen MR) is 55.6 cm³/mol. The van der Waals surface area contributed by atoms with Crippen LogP contribution < -0.4 is 5.73 Å². The second-order valence-electron chi connectivity index (χ2n) is 3.29. The molecular weight excluding hydrogens is 176 g/mol. The first-order valence-corrected chi connectivity index (χ1v) is 4.38. The molecule has 0 aliphatic rings. The number of pyridine rings is 1. The fourth-order valence-corrected chi connectivity index (χ4v) is 1.49. The van der Waals surface area contributed by atoms with Gasteiger partial charge in [0.2, 0.25) is 0 Å².